The van der Waals surface area contributed by atoms with Gasteiger partial charge >= 0.3 is 0 Å². The van der Waals surface area contributed by atoms with Crippen LogP contribution in [0.15, 0.2) is 59.1 Å². The summed E-state index contributed by atoms with van der Waals surface area (Å²) >= 11 is 3.56. The Kier molecular flexibility index (Phi) is 7.63. The van der Waals surface area contributed by atoms with Crippen molar-refractivity contribution in [3.63, 3.8) is 0 Å². The van der Waals surface area contributed by atoms with Crippen molar-refractivity contribution in [3.8, 4) is 11.5 Å². The quantitative estimate of drug-likeness (QED) is 0.409. The maximum atomic E-state index is 14.6. The van der Waals surface area contributed by atoms with Crippen molar-refractivity contribution in [2.75, 3.05) is 25.2 Å². The molecular formula is C30H33BrN2O5. The van der Waals surface area contributed by atoms with Crippen molar-refractivity contribution in [2.24, 2.45) is 5.92 Å². The van der Waals surface area contributed by atoms with E-state index in [4.69, 9.17) is 14.2 Å². The average Bonchev–Trinajstić information content (AvgIpc) is 3.02. The number of hydrogen-bond acceptors (Lipinski definition) is 5. The highest BCUT2D eigenvalue weighted by Gasteiger charge is 2.51. The highest BCUT2D eigenvalue weighted by molar-refractivity contribution is 9.10. The lowest BCUT2D eigenvalue weighted by molar-refractivity contribution is -0.138. The number of rotatable bonds is 6. The number of anilines is 1. The number of fused-ring (bicyclic) bond motifs is 2. The predicted octanol–water partition coefficient (Wildman–Crippen LogP) is 5.62. The number of carbonyl (C=O) groups is 2. The normalized spacial score (nSPS) is 19.4. The van der Waals surface area contributed by atoms with E-state index in [1.807, 2.05) is 68.4 Å². The van der Waals surface area contributed by atoms with Crippen LogP contribution in [0.3, 0.4) is 0 Å². The largest absolute Gasteiger partial charge is 0.496 e. The molecule has 38 heavy (non-hydrogen) atoms. The minimum Gasteiger partial charge on any atom is -0.496 e. The summed E-state index contributed by atoms with van der Waals surface area (Å²) in [6.07, 6.45) is 1.67. The summed E-state index contributed by atoms with van der Waals surface area (Å²) in [6.45, 7) is 5.00. The second-order valence-corrected chi connectivity index (χ2v) is 10.9. The van der Waals surface area contributed by atoms with Crippen molar-refractivity contribution >= 4 is 44.2 Å². The predicted molar refractivity (Wildman–Crippen MR) is 151 cm³/mol. The Morgan fingerprint density at radius 3 is 2.68 bits per heavy atom. The summed E-state index contributed by atoms with van der Waals surface area (Å²) in [5, 5.41) is 5.12. The minimum atomic E-state index is -0.906. The van der Waals surface area contributed by atoms with Gasteiger partial charge in [-0.05, 0) is 47.5 Å². The van der Waals surface area contributed by atoms with Crippen LogP contribution in [0.1, 0.15) is 38.7 Å². The molecule has 2 heterocycles. The molecule has 0 aliphatic carbocycles. The molecule has 0 unspecified atom stereocenters. The van der Waals surface area contributed by atoms with Crippen LogP contribution in [0.2, 0.25) is 0 Å². The Bertz CT molecular complexity index is 1350. The van der Waals surface area contributed by atoms with Gasteiger partial charge in [-0.3, -0.25) is 9.59 Å². The number of halogens is 1. The lowest BCUT2D eigenvalue weighted by atomic mass is 9.84. The zero-order valence-electron chi connectivity index (χ0n) is 22.0. The first kappa shape index (κ1) is 26.5. The highest BCUT2D eigenvalue weighted by atomic mass is 79.9. The van der Waals surface area contributed by atoms with Crippen LogP contribution in [0, 0.1) is 5.92 Å². The van der Waals surface area contributed by atoms with Crippen LogP contribution in [-0.2, 0) is 20.9 Å². The Labute approximate surface area is 231 Å². The number of methoxy groups -OCH3 is 1. The maximum Gasteiger partial charge on any atom is 0.254 e. The molecular weight excluding hydrogens is 548 g/mol. The molecule has 2 aliphatic heterocycles. The first-order valence-corrected chi connectivity index (χ1v) is 13.9. The minimum absolute atomic E-state index is 0.154. The third-order valence-corrected chi connectivity index (χ3v) is 8.27. The van der Waals surface area contributed by atoms with E-state index < -0.39 is 11.6 Å². The lowest BCUT2D eigenvalue weighted by Gasteiger charge is -2.41. The van der Waals surface area contributed by atoms with Gasteiger partial charge in [0.2, 0.25) is 5.91 Å². The summed E-state index contributed by atoms with van der Waals surface area (Å²) in [7, 11) is 1.64. The van der Waals surface area contributed by atoms with Crippen molar-refractivity contribution in [1.29, 1.82) is 0 Å². The Morgan fingerprint density at radius 1 is 1.18 bits per heavy atom. The Balaban J connectivity index is 1.64. The van der Waals surface area contributed by atoms with Gasteiger partial charge in [0, 0.05) is 28.8 Å². The molecule has 0 radical (unpaired) electrons. The number of benzene rings is 3. The van der Waals surface area contributed by atoms with Crippen LogP contribution < -0.4 is 19.7 Å². The fraction of sp³-hybridized carbons (Fsp3) is 0.400. The van der Waals surface area contributed by atoms with Gasteiger partial charge in [-0.25, -0.2) is 0 Å². The topological polar surface area (TPSA) is 77.1 Å². The second-order valence-electron chi connectivity index (χ2n) is 10.0. The van der Waals surface area contributed by atoms with Crippen LogP contribution >= 0.6 is 15.9 Å². The average molecular weight is 582 g/mol. The van der Waals surface area contributed by atoms with Gasteiger partial charge in [0.25, 0.3) is 5.91 Å². The third-order valence-electron chi connectivity index (χ3n) is 7.78. The number of amides is 2. The van der Waals surface area contributed by atoms with Crippen molar-refractivity contribution in [2.45, 2.75) is 51.3 Å². The van der Waals surface area contributed by atoms with Crippen LogP contribution in [0.4, 0.5) is 5.69 Å². The van der Waals surface area contributed by atoms with Gasteiger partial charge in [0.1, 0.15) is 23.1 Å². The molecule has 7 nitrogen and oxygen atoms in total. The standard InChI is InChI=1S/C30H33BrN2O5/c1-4-19(2)28(34)32-27-29(35)33(18-23-22-11-10-21(31)17-20(22)9-12-25(23)36-3)24-7-5-6-8-26(24)38-30(27)13-15-37-16-14-30/h5-12,17,19,27H,4,13-16,18H2,1-3H3,(H,32,34)/t19-,27-/m1/s1. The molecule has 3 aromatic carbocycles. The van der Waals surface area contributed by atoms with Gasteiger partial charge in [-0.15, -0.1) is 0 Å². The number of ether oxygens (including phenoxy) is 3. The molecule has 1 spiro atoms. The number of nitrogens with one attached hydrogen (secondary N) is 1. The fourth-order valence-corrected chi connectivity index (χ4v) is 5.71. The maximum absolute atomic E-state index is 14.6. The van der Waals surface area contributed by atoms with Crippen LogP contribution in [-0.4, -0.2) is 43.8 Å². The van der Waals surface area contributed by atoms with E-state index in [-0.39, 0.29) is 24.3 Å². The molecule has 1 fully saturated rings. The second kappa shape index (κ2) is 10.9. The van der Waals surface area contributed by atoms with Gasteiger partial charge < -0.3 is 24.4 Å². The van der Waals surface area contributed by atoms with Crippen LogP contribution in [0.5, 0.6) is 11.5 Å². The molecule has 5 rings (SSSR count). The molecule has 0 aromatic heterocycles. The first-order chi connectivity index (χ1) is 18.4. The lowest BCUT2D eigenvalue weighted by Crippen LogP contribution is -2.64. The number of para-hydroxylation sites is 2. The highest BCUT2D eigenvalue weighted by Crippen LogP contribution is 2.42. The molecule has 0 bridgehead atoms. The summed E-state index contributed by atoms with van der Waals surface area (Å²) < 4.78 is 19.1. The first-order valence-electron chi connectivity index (χ1n) is 13.1. The molecule has 200 valence electrons. The molecule has 2 amide bonds. The molecule has 1 N–H and O–H groups in total. The van der Waals surface area contributed by atoms with Gasteiger partial charge in [0.05, 0.1) is 32.6 Å². The molecule has 1 saturated heterocycles. The summed E-state index contributed by atoms with van der Waals surface area (Å²) in [5.74, 6) is 0.722. The van der Waals surface area contributed by atoms with Crippen molar-refractivity contribution in [3.05, 3.63) is 64.6 Å². The molecule has 2 atom stereocenters. The zero-order valence-corrected chi connectivity index (χ0v) is 23.5. The third kappa shape index (κ3) is 4.87. The summed E-state index contributed by atoms with van der Waals surface area (Å²) in [5.41, 5.74) is 0.646. The van der Waals surface area contributed by atoms with E-state index in [2.05, 4.69) is 21.2 Å². The van der Waals surface area contributed by atoms with Gasteiger partial charge in [-0.1, -0.05) is 54.0 Å². The van der Waals surface area contributed by atoms with Gasteiger partial charge in [0.15, 0.2) is 0 Å². The number of carbonyl (C=O) groups excluding carboxylic acids is 2. The SMILES string of the molecule is CC[C@@H](C)C(=O)N[C@@H]1C(=O)N(Cc2c(OC)ccc3cc(Br)ccc23)c2ccccc2OC12CCOCC2. The van der Waals surface area contributed by atoms with E-state index in [1.54, 1.807) is 12.0 Å². The van der Waals surface area contributed by atoms with Crippen LogP contribution in [0.25, 0.3) is 10.8 Å². The van der Waals surface area contributed by atoms with E-state index in [0.29, 0.717) is 49.7 Å². The molecule has 0 saturated carbocycles. The van der Waals surface area contributed by atoms with E-state index >= 15 is 0 Å². The Morgan fingerprint density at radius 2 is 1.95 bits per heavy atom. The number of nitrogens with zero attached hydrogens (tertiary/aromatic N) is 1. The fourth-order valence-electron chi connectivity index (χ4n) is 5.34. The number of hydrogen-bond donors (Lipinski definition) is 1. The van der Waals surface area contributed by atoms with Crippen molar-refractivity contribution in [1.82, 2.24) is 5.32 Å². The summed E-state index contributed by atoms with van der Waals surface area (Å²) in [6, 6.07) is 16.7. The zero-order chi connectivity index (χ0) is 26.9. The van der Waals surface area contributed by atoms with E-state index in [0.717, 1.165) is 20.8 Å². The molecule has 2 aliphatic rings. The van der Waals surface area contributed by atoms with Crippen molar-refractivity contribution < 1.29 is 23.8 Å². The van der Waals surface area contributed by atoms with Gasteiger partial charge in [-0.2, -0.15) is 0 Å². The molecule has 3 aromatic rings. The summed E-state index contributed by atoms with van der Waals surface area (Å²) in [4.78, 5) is 29.5. The smallest absolute Gasteiger partial charge is 0.254 e. The van der Waals surface area contributed by atoms with E-state index in [1.165, 1.54) is 0 Å². The Hall–Kier alpha value is -3.10. The molecule has 8 heteroatoms. The monoisotopic (exact) mass is 580 g/mol. The van der Waals surface area contributed by atoms with E-state index in [9.17, 15) is 9.59 Å².